The Morgan fingerprint density at radius 3 is 2.62 bits per heavy atom. The van der Waals surface area contributed by atoms with Crippen LogP contribution in [0, 0.1) is 6.92 Å². The predicted molar refractivity (Wildman–Crippen MR) is 62.7 cm³/mol. The molecule has 1 unspecified atom stereocenters. The second kappa shape index (κ2) is 5.47. The van der Waals surface area contributed by atoms with E-state index in [-0.39, 0.29) is 11.8 Å². The van der Waals surface area contributed by atoms with E-state index in [2.05, 4.69) is 10.0 Å². The fourth-order valence-electron chi connectivity index (χ4n) is 1.30. The van der Waals surface area contributed by atoms with Gasteiger partial charge in [-0.3, -0.25) is 0 Å². The highest BCUT2D eigenvalue weighted by Crippen LogP contribution is 2.14. The molecule has 0 saturated carbocycles. The number of sulfonamides is 1. The highest BCUT2D eigenvalue weighted by Gasteiger charge is 2.11. The minimum absolute atomic E-state index is 0.0146. The van der Waals surface area contributed by atoms with E-state index < -0.39 is 10.0 Å². The van der Waals surface area contributed by atoms with E-state index in [0.29, 0.717) is 6.54 Å². The van der Waals surface area contributed by atoms with Gasteiger partial charge in [-0.15, -0.1) is 0 Å². The number of rotatable bonds is 6. The third-order valence-electron chi connectivity index (χ3n) is 2.32. The molecule has 1 atom stereocenters. The van der Waals surface area contributed by atoms with Gasteiger partial charge in [0.1, 0.15) is 11.5 Å². The van der Waals surface area contributed by atoms with Crippen molar-refractivity contribution in [3.8, 4) is 0 Å². The second-order valence-corrected chi connectivity index (χ2v) is 5.69. The molecule has 2 N–H and O–H groups in total. The first-order chi connectivity index (χ1) is 7.44. The van der Waals surface area contributed by atoms with E-state index in [0.717, 1.165) is 11.5 Å². The van der Waals surface area contributed by atoms with Crippen LogP contribution in [0.15, 0.2) is 16.5 Å². The molecular weight excluding hydrogens is 228 g/mol. The molecule has 0 fully saturated rings. The molecule has 5 nitrogen and oxygen atoms in total. The highest BCUT2D eigenvalue weighted by molar-refractivity contribution is 7.89. The Hall–Kier alpha value is -0.850. The zero-order chi connectivity index (χ0) is 12.2. The van der Waals surface area contributed by atoms with Gasteiger partial charge in [-0.1, -0.05) is 0 Å². The first-order valence-corrected chi connectivity index (χ1v) is 6.81. The molecule has 0 aromatic carbocycles. The van der Waals surface area contributed by atoms with Gasteiger partial charge in [0.25, 0.3) is 0 Å². The predicted octanol–water partition coefficient (Wildman–Crippen LogP) is 0.788. The molecule has 0 spiro atoms. The number of aryl methyl sites for hydroxylation is 1. The molecule has 1 rings (SSSR count). The zero-order valence-electron chi connectivity index (χ0n) is 9.78. The van der Waals surface area contributed by atoms with Crippen LogP contribution < -0.4 is 10.0 Å². The highest BCUT2D eigenvalue weighted by atomic mass is 32.2. The van der Waals surface area contributed by atoms with Crippen molar-refractivity contribution < 1.29 is 12.8 Å². The van der Waals surface area contributed by atoms with E-state index in [9.17, 15) is 8.42 Å². The lowest BCUT2D eigenvalue weighted by molar-refractivity contribution is 0.421. The molecule has 0 amide bonds. The first kappa shape index (κ1) is 13.2. The van der Waals surface area contributed by atoms with Crippen LogP contribution in [0.25, 0.3) is 0 Å². The van der Waals surface area contributed by atoms with Gasteiger partial charge in [0.15, 0.2) is 0 Å². The van der Waals surface area contributed by atoms with E-state index >= 15 is 0 Å². The molecule has 0 saturated heterocycles. The third-order valence-corrected chi connectivity index (χ3v) is 3.68. The number of nitrogens with one attached hydrogen (secondary N) is 2. The Morgan fingerprint density at radius 1 is 1.44 bits per heavy atom. The molecule has 1 aromatic rings. The molecule has 0 radical (unpaired) electrons. The van der Waals surface area contributed by atoms with Crippen molar-refractivity contribution in [2.45, 2.75) is 19.9 Å². The average molecular weight is 246 g/mol. The normalized spacial score (nSPS) is 13.9. The molecular formula is C10H18N2O3S. The molecule has 0 aliphatic heterocycles. The quantitative estimate of drug-likeness (QED) is 0.778. The average Bonchev–Trinajstić information content (AvgIpc) is 2.64. The lowest BCUT2D eigenvalue weighted by Gasteiger charge is -2.11. The lowest BCUT2D eigenvalue weighted by atomic mass is 10.2. The molecule has 92 valence electrons. The number of hydrogen-bond acceptors (Lipinski definition) is 4. The molecule has 0 aliphatic carbocycles. The maximum absolute atomic E-state index is 11.1. The van der Waals surface area contributed by atoms with Crippen molar-refractivity contribution in [1.82, 2.24) is 10.0 Å². The maximum Gasteiger partial charge on any atom is 0.212 e. The molecule has 1 heterocycles. The van der Waals surface area contributed by atoms with Crippen LogP contribution in [0.3, 0.4) is 0 Å². The third kappa shape index (κ3) is 3.96. The number of furan rings is 1. The molecule has 16 heavy (non-hydrogen) atoms. The molecule has 0 aliphatic rings. The summed E-state index contributed by atoms with van der Waals surface area (Å²) < 4.78 is 30.0. The van der Waals surface area contributed by atoms with Crippen LogP contribution in [-0.2, 0) is 10.0 Å². The SMILES string of the molecule is CNS(=O)(=O)CCNC(C)c1ccc(C)o1. The minimum Gasteiger partial charge on any atom is -0.465 e. The molecule has 1 aromatic heterocycles. The van der Waals surface area contributed by atoms with Crippen molar-refractivity contribution in [3.05, 3.63) is 23.7 Å². The summed E-state index contributed by atoms with van der Waals surface area (Å²) in [5.41, 5.74) is 0. The second-order valence-electron chi connectivity index (χ2n) is 3.65. The van der Waals surface area contributed by atoms with Gasteiger partial charge < -0.3 is 9.73 Å². The zero-order valence-corrected chi connectivity index (χ0v) is 10.6. The summed E-state index contributed by atoms with van der Waals surface area (Å²) in [6, 6.07) is 3.79. The van der Waals surface area contributed by atoms with Crippen molar-refractivity contribution in [1.29, 1.82) is 0 Å². The van der Waals surface area contributed by atoms with Crippen molar-refractivity contribution in [2.24, 2.45) is 0 Å². The van der Waals surface area contributed by atoms with Crippen LogP contribution in [-0.4, -0.2) is 27.8 Å². The van der Waals surface area contributed by atoms with Gasteiger partial charge in [0, 0.05) is 6.54 Å². The molecule has 6 heteroatoms. The van der Waals surface area contributed by atoms with Crippen LogP contribution in [0.5, 0.6) is 0 Å². The van der Waals surface area contributed by atoms with E-state index in [1.54, 1.807) is 0 Å². The Labute approximate surface area is 96.3 Å². The van der Waals surface area contributed by atoms with Crippen LogP contribution >= 0.6 is 0 Å². The van der Waals surface area contributed by atoms with Crippen LogP contribution in [0.4, 0.5) is 0 Å². The number of hydrogen-bond donors (Lipinski definition) is 2. The van der Waals surface area contributed by atoms with E-state index in [4.69, 9.17) is 4.42 Å². The van der Waals surface area contributed by atoms with Gasteiger partial charge in [0.05, 0.1) is 11.8 Å². The summed E-state index contributed by atoms with van der Waals surface area (Å²) in [7, 11) is -1.72. The summed E-state index contributed by atoms with van der Waals surface area (Å²) in [6.07, 6.45) is 0. The fraction of sp³-hybridized carbons (Fsp3) is 0.600. The largest absolute Gasteiger partial charge is 0.465 e. The molecule has 0 bridgehead atoms. The Balaban J connectivity index is 2.39. The topological polar surface area (TPSA) is 71.3 Å². The van der Waals surface area contributed by atoms with Crippen molar-refractivity contribution in [2.75, 3.05) is 19.3 Å². The Kier molecular flexibility index (Phi) is 4.52. The summed E-state index contributed by atoms with van der Waals surface area (Å²) in [4.78, 5) is 0. The summed E-state index contributed by atoms with van der Waals surface area (Å²) in [5.74, 6) is 1.74. The van der Waals surface area contributed by atoms with E-state index in [1.807, 2.05) is 26.0 Å². The van der Waals surface area contributed by atoms with Crippen molar-refractivity contribution in [3.63, 3.8) is 0 Å². The van der Waals surface area contributed by atoms with Gasteiger partial charge in [-0.05, 0) is 33.0 Å². The lowest BCUT2D eigenvalue weighted by Crippen LogP contribution is -2.30. The maximum atomic E-state index is 11.1. The van der Waals surface area contributed by atoms with Gasteiger partial charge in [-0.25, -0.2) is 13.1 Å². The van der Waals surface area contributed by atoms with Crippen molar-refractivity contribution >= 4 is 10.0 Å². The minimum atomic E-state index is -3.14. The fourth-order valence-corrected chi connectivity index (χ4v) is 1.89. The monoisotopic (exact) mass is 246 g/mol. The van der Waals surface area contributed by atoms with Crippen LogP contribution in [0.2, 0.25) is 0 Å². The summed E-state index contributed by atoms with van der Waals surface area (Å²) in [6.45, 7) is 4.20. The Morgan fingerprint density at radius 2 is 2.12 bits per heavy atom. The van der Waals surface area contributed by atoms with Gasteiger partial charge in [0.2, 0.25) is 10.0 Å². The standard InChI is InChI=1S/C10H18N2O3S/c1-8-4-5-10(15-8)9(2)12-6-7-16(13,14)11-3/h4-5,9,11-12H,6-7H2,1-3H3. The van der Waals surface area contributed by atoms with Gasteiger partial charge in [-0.2, -0.15) is 0 Å². The summed E-state index contributed by atoms with van der Waals surface area (Å²) >= 11 is 0. The Bertz CT molecular complexity index is 425. The summed E-state index contributed by atoms with van der Waals surface area (Å²) in [5, 5.41) is 3.09. The van der Waals surface area contributed by atoms with E-state index in [1.165, 1.54) is 7.05 Å². The van der Waals surface area contributed by atoms with Gasteiger partial charge >= 0.3 is 0 Å². The first-order valence-electron chi connectivity index (χ1n) is 5.15. The smallest absolute Gasteiger partial charge is 0.212 e. The van der Waals surface area contributed by atoms with Crippen LogP contribution in [0.1, 0.15) is 24.5 Å².